The molecule has 2 aliphatic heterocycles. The smallest absolute Gasteiger partial charge is 0.221 e. The van der Waals surface area contributed by atoms with E-state index in [4.69, 9.17) is 11.5 Å². The minimum Gasteiger partial charge on any atom is -0.382 e. The fraction of sp³-hybridized carbons (Fsp3) is 0.588. The molecule has 1 amide bonds. The summed E-state index contributed by atoms with van der Waals surface area (Å²) in [6.45, 7) is 6.14. The molecule has 1 aromatic heterocycles. The van der Waals surface area contributed by atoms with Crippen LogP contribution in [0.25, 0.3) is 0 Å². The number of hydrogen-bond acceptors (Lipinski definition) is 5. The van der Waals surface area contributed by atoms with Gasteiger partial charge < -0.3 is 16.4 Å². The Bertz CT molecular complexity index is 707. The van der Waals surface area contributed by atoms with Crippen molar-refractivity contribution in [1.82, 2.24) is 14.9 Å². The zero-order valence-corrected chi connectivity index (χ0v) is 13.8. The van der Waals surface area contributed by atoms with Gasteiger partial charge in [0.2, 0.25) is 11.9 Å². The highest BCUT2D eigenvalue weighted by Crippen LogP contribution is 2.54. The third-order valence-corrected chi connectivity index (χ3v) is 5.72. The normalized spacial score (nSPS) is 31.8. The van der Waals surface area contributed by atoms with Gasteiger partial charge in [-0.2, -0.15) is 4.98 Å². The number of hydrogen-bond donors (Lipinski definition) is 2. The summed E-state index contributed by atoms with van der Waals surface area (Å²) in [5.74, 6) is 7.81. The lowest BCUT2D eigenvalue weighted by Crippen LogP contribution is -2.46. The molecule has 0 aromatic carbocycles. The molecule has 6 heteroatoms. The van der Waals surface area contributed by atoms with Gasteiger partial charge in [-0.3, -0.25) is 4.79 Å². The molecule has 3 heterocycles. The Morgan fingerprint density at radius 1 is 1.48 bits per heavy atom. The molecule has 0 spiro atoms. The fourth-order valence-electron chi connectivity index (χ4n) is 4.43. The number of anilines is 2. The van der Waals surface area contributed by atoms with Crippen LogP contribution in [0, 0.1) is 23.7 Å². The van der Waals surface area contributed by atoms with E-state index >= 15 is 0 Å². The van der Waals surface area contributed by atoms with Crippen molar-refractivity contribution in [3.63, 3.8) is 0 Å². The predicted molar refractivity (Wildman–Crippen MR) is 89.0 cm³/mol. The van der Waals surface area contributed by atoms with Crippen LogP contribution in [0.5, 0.6) is 0 Å². The van der Waals surface area contributed by atoms with Crippen molar-refractivity contribution in [3.05, 3.63) is 11.8 Å². The van der Waals surface area contributed by atoms with Crippen LogP contribution in [0.15, 0.2) is 6.20 Å². The van der Waals surface area contributed by atoms with E-state index in [2.05, 4.69) is 40.6 Å². The van der Waals surface area contributed by atoms with Gasteiger partial charge in [-0.25, -0.2) is 4.98 Å². The molecule has 122 valence electrons. The van der Waals surface area contributed by atoms with E-state index in [1.807, 2.05) is 0 Å². The van der Waals surface area contributed by atoms with Crippen LogP contribution in [0.1, 0.15) is 45.6 Å². The zero-order chi connectivity index (χ0) is 16.8. The molecule has 3 rings (SSSR count). The molecule has 0 saturated carbocycles. The van der Waals surface area contributed by atoms with Gasteiger partial charge in [0, 0.05) is 19.4 Å². The molecule has 0 aliphatic carbocycles. The number of amides is 1. The Hall–Kier alpha value is -2.29. The first-order chi connectivity index (χ1) is 10.9. The quantitative estimate of drug-likeness (QED) is 0.764. The number of nitrogens with zero attached hydrogens (tertiary/aromatic N) is 3. The molecular weight excluding hydrogens is 290 g/mol. The summed E-state index contributed by atoms with van der Waals surface area (Å²) in [7, 11) is 0. The highest BCUT2D eigenvalue weighted by molar-refractivity contribution is 5.76. The van der Waals surface area contributed by atoms with Gasteiger partial charge in [0.05, 0.1) is 17.3 Å². The van der Waals surface area contributed by atoms with Gasteiger partial charge in [0.1, 0.15) is 5.82 Å². The molecule has 0 radical (unpaired) electrons. The Kier molecular flexibility index (Phi) is 3.67. The summed E-state index contributed by atoms with van der Waals surface area (Å²) in [5, 5.41) is 0. The van der Waals surface area contributed by atoms with Crippen molar-refractivity contribution in [1.29, 1.82) is 0 Å². The van der Waals surface area contributed by atoms with Crippen LogP contribution in [-0.2, 0) is 4.79 Å². The van der Waals surface area contributed by atoms with E-state index in [0.717, 1.165) is 12.8 Å². The Labute approximate surface area is 136 Å². The number of carbonyl (C=O) groups excluding carboxylic acids is 1. The molecule has 2 saturated heterocycles. The third-order valence-electron chi connectivity index (χ3n) is 5.72. The first-order valence-electron chi connectivity index (χ1n) is 8.03. The maximum atomic E-state index is 12.2. The van der Waals surface area contributed by atoms with Crippen molar-refractivity contribution >= 4 is 17.7 Å². The lowest BCUT2D eigenvalue weighted by molar-refractivity contribution is -0.133. The van der Waals surface area contributed by atoms with Crippen LogP contribution < -0.4 is 11.5 Å². The molecule has 4 N–H and O–H groups in total. The van der Waals surface area contributed by atoms with Crippen molar-refractivity contribution < 1.29 is 4.79 Å². The summed E-state index contributed by atoms with van der Waals surface area (Å²) >= 11 is 0. The molecule has 6 nitrogen and oxygen atoms in total. The molecule has 2 aliphatic rings. The van der Waals surface area contributed by atoms with Gasteiger partial charge >= 0.3 is 0 Å². The maximum Gasteiger partial charge on any atom is 0.221 e. The molecule has 4 unspecified atom stereocenters. The van der Waals surface area contributed by atoms with E-state index in [9.17, 15) is 4.79 Å². The summed E-state index contributed by atoms with van der Waals surface area (Å²) in [6, 6.07) is 0.356. The van der Waals surface area contributed by atoms with Gasteiger partial charge in [-0.15, -0.1) is 0 Å². The molecule has 2 bridgehead atoms. The van der Waals surface area contributed by atoms with Crippen molar-refractivity contribution in [2.45, 2.75) is 51.6 Å². The minimum absolute atomic E-state index is 0.145. The van der Waals surface area contributed by atoms with Crippen molar-refractivity contribution in [2.24, 2.45) is 11.8 Å². The van der Waals surface area contributed by atoms with E-state index < -0.39 is 0 Å². The Balaban J connectivity index is 1.87. The second-order valence-corrected chi connectivity index (χ2v) is 6.75. The Morgan fingerprint density at radius 2 is 2.22 bits per heavy atom. The Morgan fingerprint density at radius 3 is 2.87 bits per heavy atom. The average Bonchev–Trinajstić information content (AvgIpc) is 2.96. The highest BCUT2D eigenvalue weighted by atomic mass is 16.2. The van der Waals surface area contributed by atoms with E-state index in [-0.39, 0.29) is 17.4 Å². The second-order valence-electron chi connectivity index (χ2n) is 6.75. The largest absolute Gasteiger partial charge is 0.382 e. The monoisotopic (exact) mass is 313 g/mol. The topological polar surface area (TPSA) is 98.1 Å². The maximum absolute atomic E-state index is 12.2. The molecule has 1 aromatic rings. The molecule has 23 heavy (non-hydrogen) atoms. The molecule has 4 atom stereocenters. The number of nitrogen functional groups attached to an aromatic ring is 2. The lowest BCUT2D eigenvalue weighted by Gasteiger charge is -2.37. The van der Waals surface area contributed by atoms with Crippen LogP contribution in [0.2, 0.25) is 0 Å². The summed E-state index contributed by atoms with van der Waals surface area (Å²) < 4.78 is 0. The van der Waals surface area contributed by atoms with Crippen LogP contribution in [-0.4, -0.2) is 32.4 Å². The van der Waals surface area contributed by atoms with Crippen molar-refractivity contribution in [2.75, 3.05) is 11.5 Å². The summed E-state index contributed by atoms with van der Waals surface area (Å²) in [5.41, 5.74) is 11.7. The van der Waals surface area contributed by atoms with Crippen LogP contribution in [0.4, 0.5) is 11.8 Å². The average molecular weight is 313 g/mol. The van der Waals surface area contributed by atoms with Crippen LogP contribution >= 0.6 is 0 Å². The molecular formula is C17H23N5O. The summed E-state index contributed by atoms with van der Waals surface area (Å²) in [6.07, 6.45) is 4.28. The standard InChI is InChI=1S/C17H23N5O/c1-10-11(2)17(8-6-14(10)22(17)12(3)23)7-4-5-13-9-20-16(19)21-15(13)18/h9-11,14H,6-8H2,1-3H3,(H4,18,19,20,21). The second kappa shape index (κ2) is 5.41. The van der Waals surface area contributed by atoms with E-state index in [0.29, 0.717) is 35.7 Å². The third kappa shape index (κ3) is 2.31. The highest BCUT2D eigenvalue weighted by Gasteiger charge is 2.60. The predicted octanol–water partition coefficient (Wildman–Crippen LogP) is 1.42. The van der Waals surface area contributed by atoms with Gasteiger partial charge in [-0.1, -0.05) is 25.7 Å². The van der Waals surface area contributed by atoms with Gasteiger partial charge in [0.15, 0.2) is 0 Å². The van der Waals surface area contributed by atoms with Gasteiger partial charge in [0.25, 0.3) is 0 Å². The first-order valence-corrected chi connectivity index (χ1v) is 8.03. The SMILES string of the molecule is CC(=O)N1C2CCC1(CC#Cc1cnc(N)nc1N)C(C)C2C. The number of aromatic nitrogens is 2. The lowest BCUT2D eigenvalue weighted by atomic mass is 9.72. The van der Waals surface area contributed by atoms with E-state index in [1.165, 1.54) is 0 Å². The zero-order valence-electron chi connectivity index (χ0n) is 13.8. The van der Waals surface area contributed by atoms with Crippen molar-refractivity contribution in [3.8, 4) is 11.8 Å². The number of fused-ring (bicyclic) bond motifs is 2. The summed E-state index contributed by atoms with van der Waals surface area (Å²) in [4.78, 5) is 22.1. The minimum atomic E-state index is -0.146. The van der Waals surface area contributed by atoms with E-state index in [1.54, 1.807) is 13.1 Å². The molecule has 2 fully saturated rings. The number of carbonyl (C=O) groups is 1. The first kappa shape index (κ1) is 15.6. The fourth-order valence-corrected chi connectivity index (χ4v) is 4.43. The van der Waals surface area contributed by atoms with Crippen LogP contribution in [0.3, 0.4) is 0 Å². The number of nitrogens with two attached hydrogens (primary N) is 2. The number of rotatable bonds is 1. The van der Waals surface area contributed by atoms with Gasteiger partial charge in [-0.05, 0) is 24.7 Å².